The second kappa shape index (κ2) is 3.85. The minimum atomic E-state index is -3.22. The quantitative estimate of drug-likeness (QED) is 0.231. The van der Waals surface area contributed by atoms with E-state index in [0.29, 0.717) is 0 Å². The van der Waals surface area contributed by atoms with Crippen LogP contribution in [0.3, 0.4) is 0 Å². The Morgan fingerprint density at radius 3 is 2.22 bits per heavy atom. The molecule has 2 aliphatic rings. The van der Waals surface area contributed by atoms with E-state index >= 15 is 0 Å². The molecule has 2 fully saturated rings. The standard InChI is InChI=1S/C8H10O10/c9-1-2-3(10)4(11)7(14)8(15,16-2)18-6(13)5(12)17-7/h2-4,9-11,14-15H,1H2/t2-,3-,4+,7-,8?/m1/s1. The van der Waals surface area contributed by atoms with E-state index in [9.17, 15) is 30.0 Å². The summed E-state index contributed by atoms with van der Waals surface area (Å²) in [5.41, 5.74) is 0. The van der Waals surface area contributed by atoms with E-state index in [2.05, 4.69) is 14.2 Å². The molecular weight excluding hydrogens is 256 g/mol. The number of aliphatic hydroxyl groups is 5. The second-order valence-electron chi connectivity index (χ2n) is 3.83. The summed E-state index contributed by atoms with van der Waals surface area (Å²) in [5.74, 6) is -9.76. The van der Waals surface area contributed by atoms with Crippen molar-refractivity contribution < 1.29 is 49.3 Å². The predicted octanol–water partition coefficient (Wildman–Crippen LogP) is -4.47. The highest BCUT2D eigenvalue weighted by atomic mass is 16.9. The van der Waals surface area contributed by atoms with Gasteiger partial charge in [-0.1, -0.05) is 0 Å². The fourth-order valence-corrected chi connectivity index (χ4v) is 1.70. The largest absolute Gasteiger partial charge is 0.422 e. The monoisotopic (exact) mass is 266 g/mol. The summed E-state index contributed by atoms with van der Waals surface area (Å²) >= 11 is 0. The normalized spacial score (nSPS) is 48.2. The molecule has 0 amide bonds. The Balaban J connectivity index is 2.41. The van der Waals surface area contributed by atoms with Crippen LogP contribution in [0.2, 0.25) is 0 Å². The SMILES string of the molecule is O=C1OC2(O)O[C@H](CO)[C@@H](O)[C@H](O)[C@@]2(O)OC1=O. The van der Waals surface area contributed by atoms with Crippen molar-refractivity contribution in [3.05, 3.63) is 0 Å². The molecule has 18 heavy (non-hydrogen) atoms. The Labute approximate surface area is 98.9 Å². The van der Waals surface area contributed by atoms with Gasteiger partial charge < -0.3 is 39.7 Å². The minimum Gasteiger partial charge on any atom is -0.412 e. The van der Waals surface area contributed by atoms with Gasteiger partial charge in [-0.05, 0) is 0 Å². The highest BCUT2D eigenvalue weighted by molar-refractivity contribution is 6.30. The maximum Gasteiger partial charge on any atom is 0.422 e. The van der Waals surface area contributed by atoms with Gasteiger partial charge >= 0.3 is 23.7 Å². The molecule has 0 radical (unpaired) electrons. The van der Waals surface area contributed by atoms with Crippen molar-refractivity contribution in [3.8, 4) is 0 Å². The highest BCUT2D eigenvalue weighted by Gasteiger charge is 2.73. The van der Waals surface area contributed by atoms with Gasteiger partial charge in [0.2, 0.25) is 0 Å². The van der Waals surface area contributed by atoms with Gasteiger partial charge in [0, 0.05) is 0 Å². The molecule has 2 heterocycles. The third-order valence-electron chi connectivity index (χ3n) is 2.70. The first-order valence-corrected chi connectivity index (χ1v) is 4.81. The van der Waals surface area contributed by atoms with E-state index in [4.69, 9.17) is 5.11 Å². The molecule has 5 N–H and O–H groups in total. The summed E-state index contributed by atoms with van der Waals surface area (Å²) in [6.45, 7) is -0.859. The molecular formula is C8H10O10. The van der Waals surface area contributed by atoms with Crippen LogP contribution in [0.5, 0.6) is 0 Å². The molecule has 1 unspecified atom stereocenters. The van der Waals surface area contributed by atoms with Gasteiger partial charge in [-0.25, -0.2) is 9.59 Å². The van der Waals surface area contributed by atoms with Crippen LogP contribution >= 0.6 is 0 Å². The Bertz CT molecular complexity index is 395. The number of hydrogen-bond donors (Lipinski definition) is 5. The van der Waals surface area contributed by atoms with Gasteiger partial charge in [0.25, 0.3) is 0 Å². The van der Waals surface area contributed by atoms with Crippen molar-refractivity contribution in [1.82, 2.24) is 0 Å². The zero-order chi connectivity index (χ0) is 13.7. The summed E-state index contributed by atoms with van der Waals surface area (Å²) in [4.78, 5) is 21.9. The number of ether oxygens (including phenoxy) is 3. The van der Waals surface area contributed by atoms with Gasteiger partial charge in [-0.2, -0.15) is 0 Å². The summed E-state index contributed by atoms with van der Waals surface area (Å²) in [6, 6.07) is 0. The van der Waals surface area contributed by atoms with Crippen molar-refractivity contribution in [3.63, 3.8) is 0 Å². The molecule has 5 atom stereocenters. The smallest absolute Gasteiger partial charge is 0.412 e. The molecule has 0 aromatic carbocycles. The van der Waals surface area contributed by atoms with Crippen LogP contribution in [-0.4, -0.2) is 74.2 Å². The van der Waals surface area contributed by atoms with Crippen molar-refractivity contribution in [2.24, 2.45) is 0 Å². The van der Waals surface area contributed by atoms with Crippen molar-refractivity contribution in [2.75, 3.05) is 6.61 Å². The molecule has 2 aliphatic heterocycles. The molecule has 102 valence electrons. The third-order valence-corrected chi connectivity index (χ3v) is 2.70. The number of rotatable bonds is 1. The van der Waals surface area contributed by atoms with Crippen LogP contribution in [0.25, 0.3) is 0 Å². The van der Waals surface area contributed by atoms with Crippen LogP contribution in [0.15, 0.2) is 0 Å². The van der Waals surface area contributed by atoms with Crippen LogP contribution in [-0.2, 0) is 23.8 Å². The molecule has 0 aliphatic carbocycles. The fourth-order valence-electron chi connectivity index (χ4n) is 1.70. The molecule has 2 rings (SSSR count). The first kappa shape index (κ1) is 13.1. The molecule has 0 bridgehead atoms. The number of carbonyl (C=O) groups excluding carboxylic acids is 2. The van der Waals surface area contributed by atoms with Gasteiger partial charge in [0.15, 0.2) is 6.10 Å². The Morgan fingerprint density at radius 1 is 1.11 bits per heavy atom. The zero-order valence-corrected chi connectivity index (χ0v) is 8.72. The van der Waals surface area contributed by atoms with Gasteiger partial charge in [-0.15, -0.1) is 0 Å². The summed E-state index contributed by atoms with van der Waals surface area (Å²) in [5, 5.41) is 47.5. The van der Waals surface area contributed by atoms with Crippen molar-refractivity contribution in [1.29, 1.82) is 0 Å². The Hall–Kier alpha value is -1.30. The maximum absolute atomic E-state index is 10.9. The minimum absolute atomic E-state index is 0.859. The summed E-state index contributed by atoms with van der Waals surface area (Å²) in [6.07, 6.45) is -5.70. The molecule has 0 spiro atoms. The van der Waals surface area contributed by atoms with E-state index in [0.717, 1.165) is 0 Å². The van der Waals surface area contributed by atoms with E-state index < -0.39 is 48.6 Å². The van der Waals surface area contributed by atoms with E-state index in [-0.39, 0.29) is 0 Å². The second-order valence-corrected chi connectivity index (χ2v) is 3.83. The summed E-state index contributed by atoms with van der Waals surface area (Å²) < 4.78 is 12.8. The van der Waals surface area contributed by atoms with Crippen LogP contribution in [0.4, 0.5) is 0 Å². The summed E-state index contributed by atoms with van der Waals surface area (Å²) in [7, 11) is 0. The number of aliphatic hydroxyl groups excluding tert-OH is 3. The first-order chi connectivity index (χ1) is 8.25. The highest BCUT2D eigenvalue weighted by Crippen LogP contribution is 2.40. The molecule has 10 heteroatoms. The van der Waals surface area contributed by atoms with Crippen LogP contribution in [0.1, 0.15) is 0 Å². The molecule has 0 aromatic rings. The van der Waals surface area contributed by atoms with Crippen molar-refractivity contribution >= 4 is 11.9 Å². The van der Waals surface area contributed by atoms with Gasteiger partial charge in [0.1, 0.15) is 12.2 Å². The third kappa shape index (κ3) is 1.51. The number of fused-ring (bicyclic) bond motifs is 1. The van der Waals surface area contributed by atoms with Crippen LogP contribution in [0, 0.1) is 0 Å². The lowest BCUT2D eigenvalue weighted by atomic mass is 9.93. The average Bonchev–Trinajstić information content (AvgIpc) is 2.30. The molecule has 2 saturated heterocycles. The molecule has 0 saturated carbocycles. The lowest BCUT2D eigenvalue weighted by molar-refractivity contribution is -0.518. The average molecular weight is 266 g/mol. The first-order valence-electron chi connectivity index (χ1n) is 4.81. The Kier molecular flexibility index (Phi) is 2.81. The van der Waals surface area contributed by atoms with Gasteiger partial charge in [-0.3, -0.25) is 0 Å². The maximum atomic E-state index is 10.9. The van der Waals surface area contributed by atoms with Crippen LogP contribution < -0.4 is 0 Å². The lowest BCUT2D eigenvalue weighted by Gasteiger charge is -2.50. The topological polar surface area (TPSA) is 163 Å². The number of carbonyl (C=O) groups is 2. The Morgan fingerprint density at radius 2 is 1.67 bits per heavy atom. The van der Waals surface area contributed by atoms with Gasteiger partial charge in [0.05, 0.1) is 6.61 Å². The molecule has 10 nitrogen and oxygen atoms in total. The number of esters is 2. The van der Waals surface area contributed by atoms with E-state index in [1.807, 2.05) is 0 Å². The predicted molar refractivity (Wildman–Crippen MR) is 46.1 cm³/mol. The van der Waals surface area contributed by atoms with E-state index in [1.165, 1.54) is 0 Å². The zero-order valence-electron chi connectivity index (χ0n) is 8.72. The van der Waals surface area contributed by atoms with E-state index in [1.54, 1.807) is 0 Å². The van der Waals surface area contributed by atoms with Crippen molar-refractivity contribution in [2.45, 2.75) is 30.1 Å². The number of hydrogen-bond acceptors (Lipinski definition) is 10. The molecule has 0 aromatic heterocycles. The lowest BCUT2D eigenvalue weighted by Crippen LogP contribution is -2.78. The fraction of sp³-hybridized carbons (Fsp3) is 0.750.